The van der Waals surface area contributed by atoms with Crippen molar-refractivity contribution >= 4 is 23.9 Å². The van der Waals surface area contributed by atoms with Crippen LogP contribution in [0.5, 0.6) is 0 Å². The fraction of sp³-hybridized carbons (Fsp3) is 0.692. The van der Waals surface area contributed by atoms with E-state index in [1.165, 1.54) is 6.34 Å². The molecule has 0 unspecified atom stereocenters. The first-order valence-electron chi connectivity index (χ1n) is 7.04. The van der Waals surface area contributed by atoms with E-state index >= 15 is 0 Å². The third kappa shape index (κ3) is 3.86. The Hall–Kier alpha value is -1.76. The molecule has 0 aliphatic carbocycles. The van der Waals surface area contributed by atoms with Gasteiger partial charge in [-0.3, -0.25) is 14.6 Å². The molecule has 0 aromatic rings. The van der Waals surface area contributed by atoms with Crippen LogP contribution in [0.4, 0.5) is 0 Å². The molecule has 3 N–H and O–H groups in total. The van der Waals surface area contributed by atoms with Crippen molar-refractivity contribution in [3.63, 3.8) is 0 Å². The van der Waals surface area contributed by atoms with E-state index in [1.807, 2.05) is 4.90 Å². The Bertz CT molecular complexity index is 424. The van der Waals surface area contributed by atoms with Crippen LogP contribution in [0.1, 0.15) is 25.7 Å². The number of nitrogens with one attached hydrogen (secondary N) is 1. The van der Waals surface area contributed by atoms with Crippen molar-refractivity contribution in [2.75, 3.05) is 26.2 Å². The lowest BCUT2D eigenvalue weighted by Gasteiger charge is -2.32. The summed E-state index contributed by atoms with van der Waals surface area (Å²) in [6, 6.07) is 0.115. The van der Waals surface area contributed by atoms with E-state index in [9.17, 15) is 9.59 Å². The molecule has 1 fully saturated rings. The Kier molecular flexibility index (Phi) is 5.23. The minimum absolute atomic E-state index is 0.115. The number of nitrogens with zero attached hydrogens (tertiary/aromatic N) is 3. The number of nitrogens with two attached hydrogens (primary N) is 1. The van der Waals surface area contributed by atoms with Gasteiger partial charge in [-0.2, -0.15) is 0 Å². The predicted molar refractivity (Wildman–Crippen MR) is 76.8 cm³/mol. The van der Waals surface area contributed by atoms with Crippen LogP contribution in [0.3, 0.4) is 0 Å². The van der Waals surface area contributed by atoms with Crippen LogP contribution in [0.15, 0.2) is 9.98 Å². The molecule has 0 spiro atoms. The quantitative estimate of drug-likeness (QED) is 0.697. The van der Waals surface area contributed by atoms with Gasteiger partial charge in [0.05, 0.1) is 6.54 Å². The topological polar surface area (TPSA) is 100 Å². The van der Waals surface area contributed by atoms with Crippen LogP contribution >= 0.6 is 0 Å². The predicted octanol–water partition coefficient (Wildman–Crippen LogP) is -0.685. The van der Waals surface area contributed by atoms with E-state index in [1.54, 1.807) is 0 Å². The summed E-state index contributed by atoms with van der Waals surface area (Å²) in [6.07, 6.45) is 4.23. The molecular formula is C13H21N5O2. The molecule has 0 aromatic carbocycles. The maximum absolute atomic E-state index is 11.9. The molecule has 0 bridgehead atoms. The molecule has 2 aliphatic heterocycles. The summed E-state index contributed by atoms with van der Waals surface area (Å²) in [6.45, 7) is 2.29. The zero-order valence-corrected chi connectivity index (χ0v) is 11.5. The summed E-state index contributed by atoms with van der Waals surface area (Å²) in [4.78, 5) is 33.4. The van der Waals surface area contributed by atoms with Crippen molar-refractivity contribution in [3.05, 3.63) is 0 Å². The highest BCUT2D eigenvalue weighted by molar-refractivity contribution is 6.41. The first-order valence-corrected chi connectivity index (χ1v) is 7.04. The molecule has 7 nitrogen and oxygen atoms in total. The van der Waals surface area contributed by atoms with Gasteiger partial charge in [0.2, 0.25) is 5.91 Å². The normalized spacial score (nSPS) is 19.1. The van der Waals surface area contributed by atoms with E-state index in [0.717, 1.165) is 19.3 Å². The minimum Gasteiger partial charge on any atom is -0.348 e. The molecule has 0 atom stereocenters. The Labute approximate surface area is 118 Å². The second-order valence-corrected chi connectivity index (χ2v) is 5.05. The van der Waals surface area contributed by atoms with E-state index in [4.69, 9.17) is 5.73 Å². The van der Waals surface area contributed by atoms with Gasteiger partial charge in [0.25, 0.3) is 5.91 Å². The maximum Gasteiger partial charge on any atom is 0.267 e. The van der Waals surface area contributed by atoms with Gasteiger partial charge < -0.3 is 16.0 Å². The number of likely N-dealkylation sites (tertiary alicyclic amines) is 1. The summed E-state index contributed by atoms with van der Waals surface area (Å²) >= 11 is 0. The molecule has 0 saturated carbocycles. The lowest BCUT2D eigenvalue weighted by molar-refractivity contribution is -0.132. The summed E-state index contributed by atoms with van der Waals surface area (Å²) in [5, 5.41) is 2.96. The van der Waals surface area contributed by atoms with Crippen LogP contribution in [0.2, 0.25) is 0 Å². The summed E-state index contributed by atoms with van der Waals surface area (Å²) in [5.74, 6) is 0.0178. The van der Waals surface area contributed by atoms with Crippen LogP contribution in [0.25, 0.3) is 0 Å². The van der Waals surface area contributed by atoms with E-state index in [0.29, 0.717) is 38.3 Å². The van der Waals surface area contributed by atoms with Crippen molar-refractivity contribution in [2.24, 2.45) is 15.7 Å². The van der Waals surface area contributed by atoms with Crippen molar-refractivity contribution in [1.82, 2.24) is 10.2 Å². The molecule has 0 aromatic heterocycles. The van der Waals surface area contributed by atoms with Crippen molar-refractivity contribution in [1.29, 1.82) is 0 Å². The Balaban J connectivity index is 1.71. The van der Waals surface area contributed by atoms with Crippen LogP contribution < -0.4 is 11.1 Å². The summed E-state index contributed by atoms with van der Waals surface area (Å²) < 4.78 is 0. The molecule has 0 radical (unpaired) electrons. The molecule has 7 heteroatoms. The Morgan fingerprint density at radius 1 is 1.40 bits per heavy atom. The van der Waals surface area contributed by atoms with Gasteiger partial charge in [0.15, 0.2) is 0 Å². The van der Waals surface area contributed by atoms with Crippen molar-refractivity contribution < 1.29 is 9.59 Å². The second-order valence-electron chi connectivity index (χ2n) is 5.05. The van der Waals surface area contributed by atoms with Gasteiger partial charge in [0, 0.05) is 25.6 Å². The highest BCUT2D eigenvalue weighted by Gasteiger charge is 2.24. The lowest BCUT2D eigenvalue weighted by atomic mass is 10.0. The molecule has 2 rings (SSSR count). The van der Waals surface area contributed by atoms with Crippen molar-refractivity contribution in [3.8, 4) is 0 Å². The standard InChI is InChI=1S/C13H21N5O2/c14-5-1-2-12(19)18-6-3-10(4-7-18)17-13(20)11-8-15-9-16-11/h9-10H,1-8,14H2,(H,17,20). The molecule has 1 saturated heterocycles. The highest BCUT2D eigenvalue weighted by Crippen LogP contribution is 2.12. The van der Waals surface area contributed by atoms with E-state index in [2.05, 4.69) is 15.3 Å². The van der Waals surface area contributed by atoms with Crippen LogP contribution in [0, 0.1) is 0 Å². The van der Waals surface area contributed by atoms with Crippen LogP contribution in [-0.2, 0) is 9.59 Å². The smallest absolute Gasteiger partial charge is 0.267 e. The zero-order chi connectivity index (χ0) is 14.4. The van der Waals surface area contributed by atoms with Crippen LogP contribution in [-0.4, -0.2) is 61.0 Å². The van der Waals surface area contributed by atoms with Gasteiger partial charge in [0.1, 0.15) is 12.1 Å². The monoisotopic (exact) mass is 279 g/mol. The fourth-order valence-corrected chi connectivity index (χ4v) is 2.36. The second kappa shape index (κ2) is 7.14. The summed E-state index contributed by atoms with van der Waals surface area (Å²) in [5.41, 5.74) is 5.87. The molecule has 2 heterocycles. The minimum atomic E-state index is -0.143. The Morgan fingerprint density at radius 3 is 2.75 bits per heavy atom. The first kappa shape index (κ1) is 14.6. The third-order valence-corrected chi connectivity index (χ3v) is 3.58. The summed E-state index contributed by atoms with van der Waals surface area (Å²) in [7, 11) is 0. The number of amides is 2. The van der Waals surface area contributed by atoms with Crippen molar-refractivity contribution in [2.45, 2.75) is 31.7 Å². The van der Waals surface area contributed by atoms with Gasteiger partial charge in [-0.1, -0.05) is 0 Å². The van der Waals surface area contributed by atoms with E-state index in [-0.39, 0.29) is 17.9 Å². The number of aliphatic imine (C=N–C) groups is 2. The molecule has 20 heavy (non-hydrogen) atoms. The number of hydrogen-bond acceptors (Lipinski definition) is 5. The molecule has 2 amide bonds. The van der Waals surface area contributed by atoms with Gasteiger partial charge in [-0.05, 0) is 25.8 Å². The number of carbonyl (C=O) groups excluding carboxylic acids is 2. The fourth-order valence-electron chi connectivity index (χ4n) is 2.36. The largest absolute Gasteiger partial charge is 0.348 e. The maximum atomic E-state index is 11.9. The van der Waals surface area contributed by atoms with Gasteiger partial charge >= 0.3 is 0 Å². The van der Waals surface area contributed by atoms with Gasteiger partial charge in [-0.25, -0.2) is 4.99 Å². The Morgan fingerprint density at radius 2 is 2.15 bits per heavy atom. The number of piperidine rings is 1. The third-order valence-electron chi connectivity index (χ3n) is 3.58. The molecule has 110 valence electrons. The number of carbonyl (C=O) groups is 2. The average Bonchev–Trinajstić information content (AvgIpc) is 3.00. The van der Waals surface area contributed by atoms with E-state index < -0.39 is 0 Å². The average molecular weight is 279 g/mol. The molecular weight excluding hydrogens is 258 g/mol. The SMILES string of the molecule is NCCCC(=O)N1CCC(NC(=O)C2=NC=NC2)CC1. The first-order chi connectivity index (χ1) is 9.70. The van der Waals surface area contributed by atoms with Gasteiger partial charge in [-0.15, -0.1) is 0 Å². The molecule has 2 aliphatic rings. The number of rotatable bonds is 5. The number of hydrogen-bond donors (Lipinski definition) is 2. The lowest BCUT2D eigenvalue weighted by Crippen LogP contribution is -2.48. The zero-order valence-electron chi connectivity index (χ0n) is 11.5. The highest BCUT2D eigenvalue weighted by atomic mass is 16.2.